The van der Waals surface area contributed by atoms with Gasteiger partial charge in [0.25, 0.3) is 5.91 Å². The quantitative estimate of drug-likeness (QED) is 0.863. The molecule has 0 saturated carbocycles. The van der Waals surface area contributed by atoms with Gasteiger partial charge in [0.1, 0.15) is 13.2 Å². The maximum Gasteiger partial charge on any atom is 0.251 e. The van der Waals surface area contributed by atoms with Gasteiger partial charge in [-0.2, -0.15) is 0 Å². The van der Waals surface area contributed by atoms with Crippen molar-refractivity contribution in [3.63, 3.8) is 0 Å². The Morgan fingerprint density at radius 2 is 1.65 bits per heavy atom. The third-order valence-electron chi connectivity index (χ3n) is 3.67. The van der Waals surface area contributed by atoms with Crippen LogP contribution in [0.2, 0.25) is 0 Å². The monoisotopic (exact) mass is 267 g/mol. The first kappa shape index (κ1) is 11.3. The number of rotatable bonds is 1. The fourth-order valence-corrected chi connectivity index (χ4v) is 2.62. The van der Waals surface area contributed by atoms with Crippen LogP contribution in [0.1, 0.15) is 15.9 Å². The van der Waals surface area contributed by atoms with Crippen LogP contribution in [0.4, 0.5) is 0 Å². The maximum atomic E-state index is 11.7. The van der Waals surface area contributed by atoms with Gasteiger partial charge in [0, 0.05) is 12.1 Å². The Balaban J connectivity index is 1.78. The molecule has 2 aliphatic heterocycles. The summed E-state index contributed by atoms with van der Waals surface area (Å²) in [6.07, 6.45) is 0. The zero-order chi connectivity index (χ0) is 13.5. The Bertz CT molecular complexity index is 709. The van der Waals surface area contributed by atoms with E-state index in [9.17, 15) is 4.79 Å². The fraction of sp³-hybridized carbons (Fsp3) is 0.188. The summed E-state index contributed by atoms with van der Waals surface area (Å²) in [6, 6.07) is 11.8. The Morgan fingerprint density at radius 1 is 0.900 bits per heavy atom. The van der Waals surface area contributed by atoms with Gasteiger partial charge in [0.2, 0.25) is 0 Å². The van der Waals surface area contributed by atoms with E-state index < -0.39 is 0 Å². The molecular weight excluding hydrogens is 254 g/mol. The number of benzene rings is 2. The molecule has 0 saturated heterocycles. The zero-order valence-electron chi connectivity index (χ0n) is 10.8. The molecule has 2 heterocycles. The summed E-state index contributed by atoms with van der Waals surface area (Å²) < 4.78 is 11.1. The van der Waals surface area contributed by atoms with Gasteiger partial charge in [0.05, 0.1) is 0 Å². The van der Waals surface area contributed by atoms with Crippen LogP contribution in [0.5, 0.6) is 11.5 Å². The molecule has 1 amide bonds. The SMILES string of the molecule is O=C1NCc2ccc(-c3ccc4c(c3)OCCO4)cc21. The Labute approximate surface area is 116 Å². The number of nitrogens with one attached hydrogen (secondary N) is 1. The number of carbonyl (C=O) groups is 1. The van der Waals surface area contributed by atoms with Crippen molar-refractivity contribution in [3.8, 4) is 22.6 Å². The van der Waals surface area contributed by atoms with Gasteiger partial charge < -0.3 is 14.8 Å². The number of ether oxygens (including phenoxy) is 2. The van der Waals surface area contributed by atoms with E-state index in [1.54, 1.807) is 0 Å². The van der Waals surface area contributed by atoms with Crippen LogP contribution >= 0.6 is 0 Å². The van der Waals surface area contributed by atoms with E-state index in [0.29, 0.717) is 19.8 Å². The first-order valence-corrected chi connectivity index (χ1v) is 6.62. The van der Waals surface area contributed by atoms with Crippen LogP contribution in [0.25, 0.3) is 11.1 Å². The van der Waals surface area contributed by atoms with E-state index in [1.807, 2.05) is 36.4 Å². The summed E-state index contributed by atoms with van der Waals surface area (Å²) in [6.45, 7) is 1.78. The third-order valence-corrected chi connectivity index (χ3v) is 3.67. The number of hydrogen-bond acceptors (Lipinski definition) is 3. The maximum absolute atomic E-state index is 11.7. The smallest absolute Gasteiger partial charge is 0.251 e. The molecule has 0 aliphatic carbocycles. The van der Waals surface area contributed by atoms with Crippen molar-refractivity contribution in [2.75, 3.05) is 13.2 Å². The molecule has 0 aromatic heterocycles. The highest BCUT2D eigenvalue weighted by Gasteiger charge is 2.19. The van der Waals surface area contributed by atoms with Crippen molar-refractivity contribution in [2.24, 2.45) is 0 Å². The highest BCUT2D eigenvalue weighted by atomic mass is 16.6. The van der Waals surface area contributed by atoms with Gasteiger partial charge in [-0.3, -0.25) is 4.79 Å². The molecular formula is C16H13NO3. The molecule has 2 aliphatic rings. The number of hydrogen-bond donors (Lipinski definition) is 1. The molecule has 1 N–H and O–H groups in total. The molecule has 4 nitrogen and oxygen atoms in total. The normalized spacial score (nSPS) is 15.7. The molecule has 2 aromatic rings. The summed E-state index contributed by atoms with van der Waals surface area (Å²) in [4.78, 5) is 11.7. The fourth-order valence-electron chi connectivity index (χ4n) is 2.62. The van der Waals surface area contributed by atoms with E-state index in [0.717, 1.165) is 33.8 Å². The lowest BCUT2D eigenvalue weighted by Crippen LogP contribution is -2.15. The molecule has 0 atom stereocenters. The lowest BCUT2D eigenvalue weighted by Gasteiger charge is -2.19. The van der Waals surface area contributed by atoms with Gasteiger partial charge in [0.15, 0.2) is 11.5 Å². The van der Waals surface area contributed by atoms with Crippen molar-refractivity contribution in [1.29, 1.82) is 0 Å². The van der Waals surface area contributed by atoms with Crippen LogP contribution in [-0.2, 0) is 6.54 Å². The zero-order valence-corrected chi connectivity index (χ0v) is 10.8. The molecule has 4 heteroatoms. The van der Waals surface area contributed by atoms with Crippen LogP contribution in [-0.4, -0.2) is 19.1 Å². The molecule has 0 spiro atoms. The third kappa shape index (κ3) is 1.72. The van der Waals surface area contributed by atoms with Crippen molar-refractivity contribution in [3.05, 3.63) is 47.5 Å². The summed E-state index contributed by atoms with van der Waals surface area (Å²) >= 11 is 0. The van der Waals surface area contributed by atoms with Crippen LogP contribution in [0.15, 0.2) is 36.4 Å². The van der Waals surface area contributed by atoms with Gasteiger partial charge in [-0.25, -0.2) is 0 Å². The van der Waals surface area contributed by atoms with Crippen molar-refractivity contribution in [2.45, 2.75) is 6.54 Å². The standard InChI is InChI=1S/C16H13NO3/c18-16-13-7-10(1-2-12(13)9-17-16)11-3-4-14-15(8-11)20-6-5-19-14/h1-4,7-8H,5-6,9H2,(H,17,18). The van der Waals surface area contributed by atoms with E-state index in [4.69, 9.17) is 9.47 Å². The number of fused-ring (bicyclic) bond motifs is 2. The number of carbonyl (C=O) groups excluding carboxylic acids is 1. The summed E-state index contributed by atoms with van der Waals surface area (Å²) in [5.74, 6) is 1.54. The molecule has 0 bridgehead atoms. The lowest BCUT2D eigenvalue weighted by molar-refractivity contribution is 0.0966. The van der Waals surface area contributed by atoms with Gasteiger partial charge in [-0.05, 0) is 34.9 Å². The Kier molecular flexibility index (Phi) is 2.42. The first-order valence-electron chi connectivity index (χ1n) is 6.62. The van der Waals surface area contributed by atoms with E-state index in [2.05, 4.69) is 5.32 Å². The highest BCUT2D eigenvalue weighted by Crippen LogP contribution is 2.35. The van der Waals surface area contributed by atoms with Crippen LogP contribution < -0.4 is 14.8 Å². The van der Waals surface area contributed by atoms with Crippen molar-refractivity contribution in [1.82, 2.24) is 5.32 Å². The predicted molar refractivity (Wildman–Crippen MR) is 74.0 cm³/mol. The van der Waals surface area contributed by atoms with E-state index in [-0.39, 0.29) is 5.91 Å². The van der Waals surface area contributed by atoms with Crippen LogP contribution in [0.3, 0.4) is 0 Å². The van der Waals surface area contributed by atoms with Crippen molar-refractivity contribution < 1.29 is 14.3 Å². The second-order valence-corrected chi connectivity index (χ2v) is 4.91. The van der Waals surface area contributed by atoms with Crippen molar-refractivity contribution >= 4 is 5.91 Å². The molecule has 0 fully saturated rings. The Morgan fingerprint density at radius 3 is 2.55 bits per heavy atom. The molecule has 0 unspecified atom stereocenters. The minimum Gasteiger partial charge on any atom is -0.486 e. The van der Waals surface area contributed by atoms with Gasteiger partial charge >= 0.3 is 0 Å². The first-order chi connectivity index (χ1) is 9.81. The molecule has 2 aromatic carbocycles. The summed E-state index contributed by atoms with van der Waals surface area (Å²) in [5, 5.41) is 2.83. The molecule has 20 heavy (non-hydrogen) atoms. The second kappa shape index (κ2) is 4.27. The summed E-state index contributed by atoms with van der Waals surface area (Å²) in [7, 11) is 0. The average molecular weight is 267 g/mol. The largest absolute Gasteiger partial charge is 0.486 e. The molecule has 4 rings (SSSR count). The number of amides is 1. The second-order valence-electron chi connectivity index (χ2n) is 4.91. The van der Waals surface area contributed by atoms with Gasteiger partial charge in [-0.15, -0.1) is 0 Å². The summed E-state index contributed by atoms with van der Waals surface area (Å²) in [5.41, 5.74) is 3.85. The van der Waals surface area contributed by atoms with E-state index >= 15 is 0 Å². The topological polar surface area (TPSA) is 47.6 Å². The van der Waals surface area contributed by atoms with Crippen LogP contribution in [0, 0.1) is 0 Å². The minimum absolute atomic E-state index is 0.000562. The average Bonchev–Trinajstić information content (AvgIpc) is 2.88. The predicted octanol–water partition coefficient (Wildman–Crippen LogP) is 2.37. The van der Waals surface area contributed by atoms with Gasteiger partial charge in [-0.1, -0.05) is 18.2 Å². The minimum atomic E-state index is -0.000562. The lowest BCUT2D eigenvalue weighted by atomic mass is 10.00. The molecule has 100 valence electrons. The highest BCUT2D eigenvalue weighted by molar-refractivity contribution is 5.99. The Hall–Kier alpha value is -2.49. The molecule has 0 radical (unpaired) electrons. The van der Waals surface area contributed by atoms with E-state index in [1.165, 1.54) is 0 Å².